The van der Waals surface area contributed by atoms with Crippen LogP contribution < -0.4 is 10.2 Å². The van der Waals surface area contributed by atoms with Crippen molar-refractivity contribution in [3.05, 3.63) is 76.0 Å². The number of nitrogens with one attached hydrogen (secondary N) is 1. The molecule has 0 saturated heterocycles. The van der Waals surface area contributed by atoms with Gasteiger partial charge in [-0.3, -0.25) is 14.9 Å². The average Bonchev–Trinajstić information content (AvgIpc) is 2.65. The van der Waals surface area contributed by atoms with Gasteiger partial charge < -0.3 is 10.2 Å². The fourth-order valence-electron chi connectivity index (χ4n) is 2.65. The number of rotatable bonds is 5. The molecule has 1 amide bonds. The van der Waals surface area contributed by atoms with Crippen LogP contribution in [0.2, 0.25) is 0 Å². The number of anilines is 1. The molecule has 3 rings (SSSR count). The van der Waals surface area contributed by atoms with Crippen molar-refractivity contribution in [2.75, 3.05) is 19.0 Å². The molecule has 1 N–H and O–H groups in total. The molecule has 3 aromatic rings. The third-order valence-corrected chi connectivity index (χ3v) is 4.01. The van der Waals surface area contributed by atoms with Crippen LogP contribution in [0.4, 0.5) is 11.4 Å². The Balaban J connectivity index is 1.80. The molecule has 0 saturated carbocycles. The van der Waals surface area contributed by atoms with Crippen molar-refractivity contribution in [2.24, 2.45) is 0 Å². The molecule has 7 heteroatoms. The summed E-state index contributed by atoms with van der Waals surface area (Å²) in [4.78, 5) is 29.1. The lowest BCUT2D eigenvalue weighted by molar-refractivity contribution is -0.384. The number of aromatic nitrogens is 1. The highest BCUT2D eigenvalue weighted by Crippen LogP contribution is 2.25. The first kappa shape index (κ1) is 17.3. The summed E-state index contributed by atoms with van der Waals surface area (Å²) in [5, 5.41) is 14.5. The zero-order chi connectivity index (χ0) is 18.7. The number of amides is 1. The Hall–Kier alpha value is -3.48. The van der Waals surface area contributed by atoms with Crippen molar-refractivity contribution in [3.8, 4) is 0 Å². The predicted octanol–water partition coefficient (Wildman–Crippen LogP) is 3.14. The van der Waals surface area contributed by atoms with Crippen LogP contribution in [-0.2, 0) is 6.54 Å². The van der Waals surface area contributed by atoms with Gasteiger partial charge in [-0.1, -0.05) is 30.3 Å². The van der Waals surface area contributed by atoms with Gasteiger partial charge in [-0.2, -0.15) is 0 Å². The van der Waals surface area contributed by atoms with Crippen molar-refractivity contribution in [2.45, 2.75) is 6.54 Å². The summed E-state index contributed by atoms with van der Waals surface area (Å²) in [6.45, 7) is 0.267. The first-order valence-electron chi connectivity index (χ1n) is 8.04. The Kier molecular flexibility index (Phi) is 4.79. The van der Waals surface area contributed by atoms with E-state index in [1.165, 1.54) is 12.1 Å². The van der Waals surface area contributed by atoms with Crippen LogP contribution in [0.1, 0.15) is 16.1 Å². The lowest BCUT2D eigenvalue weighted by atomic mass is 10.1. The lowest BCUT2D eigenvalue weighted by Gasteiger charge is -2.16. The molecule has 0 bridgehead atoms. The van der Waals surface area contributed by atoms with Gasteiger partial charge in [-0.15, -0.1) is 0 Å². The zero-order valence-corrected chi connectivity index (χ0v) is 14.5. The number of hydrogen-bond donors (Lipinski definition) is 1. The first-order chi connectivity index (χ1) is 12.5. The van der Waals surface area contributed by atoms with Crippen LogP contribution >= 0.6 is 0 Å². The molecule has 0 atom stereocenters. The van der Waals surface area contributed by atoms with Crippen molar-refractivity contribution < 1.29 is 9.72 Å². The number of fused-ring (bicyclic) bond motifs is 1. The molecule has 0 aliphatic heterocycles. The Bertz CT molecular complexity index is 968. The minimum atomic E-state index is -0.454. The summed E-state index contributed by atoms with van der Waals surface area (Å²) in [7, 11) is 3.83. The summed E-state index contributed by atoms with van der Waals surface area (Å²) < 4.78 is 0. The van der Waals surface area contributed by atoms with Gasteiger partial charge in [0.15, 0.2) is 0 Å². The van der Waals surface area contributed by atoms with Gasteiger partial charge in [0, 0.05) is 43.8 Å². The van der Waals surface area contributed by atoms with E-state index in [9.17, 15) is 14.9 Å². The highest BCUT2D eigenvalue weighted by atomic mass is 16.6. The summed E-state index contributed by atoms with van der Waals surface area (Å²) in [5.41, 5.74) is 2.79. The van der Waals surface area contributed by atoms with E-state index in [1.807, 2.05) is 43.3 Å². The molecule has 1 aromatic heterocycles. The maximum absolute atomic E-state index is 12.5. The van der Waals surface area contributed by atoms with Crippen molar-refractivity contribution in [1.29, 1.82) is 0 Å². The number of non-ortho nitro benzene ring substituents is 1. The normalized spacial score (nSPS) is 10.5. The zero-order valence-electron chi connectivity index (χ0n) is 14.5. The second-order valence-corrected chi connectivity index (χ2v) is 6.04. The number of hydrogen-bond acceptors (Lipinski definition) is 5. The Morgan fingerprint density at radius 2 is 1.85 bits per heavy atom. The minimum absolute atomic E-state index is 0.0203. The molecule has 0 fully saturated rings. The predicted molar refractivity (Wildman–Crippen MR) is 100 cm³/mol. The lowest BCUT2D eigenvalue weighted by Crippen LogP contribution is -2.24. The van der Waals surface area contributed by atoms with Crippen LogP contribution in [0.15, 0.2) is 54.6 Å². The number of carbonyl (C=O) groups is 1. The first-order valence-corrected chi connectivity index (χ1v) is 8.04. The van der Waals surface area contributed by atoms with Crippen molar-refractivity contribution in [3.63, 3.8) is 0 Å². The Labute approximate surface area is 150 Å². The van der Waals surface area contributed by atoms with E-state index in [1.54, 1.807) is 18.2 Å². The summed E-state index contributed by atoms with van der Waals surface area (Å²) in [5.74, 6) is -0.294. The standard InChI is InChI=1S/C19H18N4O3/c1-22(2)18-11-17(21-16-6-4-3-5-15(16)18)19(24)20-12-13-7-9-14(10-8-13)23(25)26/h3-11H,12H2,1-2H3,(H,20,24). The smallest absolute Gasteiger partial charge is 0.270 e. The molecule has 0 unspecified atom stereocenters. The number of nitro benzene ring substituents is 1. The molecule has 1 heterocycles. The summed E-state index contributed by atoms with van der Waals surface area (Å²) in [6, 6.07) is 15.5. The maximum Gasteiger partial charge on any atom is 0.270 e. The van der Waals surface area contributed by atoms with Crippen LogP contribution in [0.5, 0.6) is 0 Å². The number of nitrogens with zero attached hydrogens (tertiary/aromatic N) is 3. The van der Waals surface area contributed by atoms with E-state index in [4.69, 9.17) is 0 Å². The van der Waals surface area contributed by atoms with E-state index in [-0.39, 0.29) is 18.1 Å². The number of carbonyl (C=O) groups excluding carboxylic acids is 1. The van der Waals surface area contributed by atoms with Crippen molar-refractivity contribution >= 4 is 28.2 Å². The number of nitro groups is 1. The number of benzene rings is 2. The SMILES string of the molecule is CN(C)c1cc(C(=O)NCc2ccc([N+](=O)[O-])cc2)nc2ccccc12. The van der Waals surface area contributed by atoms with Gasteiger partial charge >= 0.3 is 0 Å². The van der Waals surface area contributed by atoms with Crippen molar-refractivity contribution in [1.82, 2.24) is 10.3 Å². The average molecular weight is 350 g/mol. The molecule has 0 spiro atoms. The van der Waals surface area contributed by atoms with Gasteiger partial charge in [-0.25, -0.2) is 4.98 Å². The van der Waals surface area contributed by atoms with Crippen LogP contribution in [-0.4, -0.2) is 29.9 Å². The van der Waals surface area contributed by atoms with Crippen LogP contribution in [0.25, 0.3) is 10.9 Å². The summed E-state index contributed by atoms with van der Waals surface area (Å²) >= 11 is 0. The Morgan fingerprint density at radius 3 is 2.50 bits per heavy atom. The van der Waals surface area contributed by atoms with Gasteiger partial charge in [0.2, 0.25) is 0 Å². The van der Waals surface area contributed by atoms with E-state index < -0.39 is 4.92 Å². The van der Waals surface area contributed by atoms with E-state index >= 15 is 0 Å². The van der Waals surface area contributed by atoms with Gasteiger partial charge in [0.05, 0.1) is 10.4 Å². The number of para-hydroxylation sites is 1. The van der Waals surface area contributed by atoms with Crippen LogP contribution in [0.3, 0.4) is 0 Å². The highest BCUT2D eigenvalue weighted by Gasteiger charge is 2.13. The largest absolute Gasteiger partial charge is 0.377 e. The molecule has 2 aromatic carbocycles. The second kappa shape index (κ2) is 7.18. The molecule has 0 radical (unpaired) electrons. The highest BCUT2D eigenvalue weighted by molar-refractivity contribution is 5.99. The van der Waals surface area contributed by atoms with Crippen LogP contribution in [0, 0.1) is 10.1 Å². The third kappa shape index (κ3) is 3.61. The minimum Gasteiger partial charge on any atom is -0.377 e. The monoisotopic (exact) mass is 350 g/mol. The molecular formula is C19H18N4O3. The molecule has 0 aliphatic rings. The Morgan fingerprint density at radius 1 is 1.15 bits per heavy atom. The fourth-order valence-corrected chi connectivity index (χ4v) is 2.65. The van der Waals surface area contributed by atoms with E-state index in [2.05, 4.69) is 10.3 Å². The van der Waals surface area contributed by atoms with E-state index in [0.717, 1.165) is 22.2 Å². The molecular weight excluding hydrogens is 332 g/mol. The fraction of sp³-hybridized carbons (Fsp3) is 0.158. The molecule has 0 aliphatic carbocycles. The number of pyridine rings is 1. The molecule has 26 heavy (non-hydrogen) atoms. The molecule has 7 nitrogen and oxygen atoms in total. The second-order valence-electron chi connectivity index (χ2n) is 6.04. The van der Waals surface area contributed by atoms with E-state index in [0.29, 0.717) is 5.69 Å². The van der Waals surface area contributed by atoms with Gasteiger partial charge in [0.25, 0.3) is 11.6 Å². The van der Waals surface area contributed by atoms with Gasteiger partial charge in [0.1, 0.15) is 5.69 Å². The summed E-state index contributed by atoms with van der Waals surface area (Å²) in [6.07, 6.45) is 0. The third-order valence-electron chi connectivity index (χ3n) is 4.01. The van der Waals surface area contributed by atoms with Gasteiger partial charge in [-0.05, 0) is 17.7 Å². The topological polar surface area (TPSA) is 88.4 Å². The maximum atomic E-state index is 12.5. The quantitative estimate of drug-likeness (QED) is 0.564. The molecule has 132 valence electrons.